The van der Waals surface area contributed by atoms with Crippen molar-refractivity contribution in [2.24, 2.45) is 0 Å². The second-order valence-electron chi connectivity index (χ2n) is 5.32. The molecule has 0 aliphatic rings. The third kappa shape index (κ3) is 4.06. The van der Waals surface area contributed by atoms with Crippen LogP contribution in [0, 0.1) is 0 Å². The van der Waals surface area contributed by atoms with Gasteiger partial charge in [0.25, 0.3) is 0 Å². The molecule has 0 atom stereocenters. The van der Waals surface area contributed by atoms with Crippen molar-refractivity contribution in [1.82, 2.24) is 9.88 Å². The topological polar surface area (TPSA) is 45.2 Å². The van der Waals surface area contributed by atoms with Crippen molar-refractivity contribution in [3.63, 3.8) is 0 Å². The third-order valence-corrected chi connectivity index (χ3v) is 2.55. The highest BCUT2D eigenvalue weighted by molar-refractivity contribution is 5.80. The van der Waals surface area contributed by atoms with E-state index in [1.165, 1.54) is 5.56 Å². The average molecular weight is 235 g/mol. The standard InChI is InChI=1S/C13H21N3O/c1-13(2,3)10-6-7-14-11(8-10)15-9-12(17)16(4)5/h6-8H,9H2,1-5H3,(H,14,15). The molecule has 1 N–H and O–H groups in total. The van der Waals surface area contributed by atoms with E-state index < -0.39 is 0 Å². The predicted octanol–water partition coefficient (Wildman–Crippen LogP) is 1.88. The molecule has 1 rings (SSSR count). The zero-order valence-corrected chi connectivity index (χ0v) is 11.2. The average Bonchev–Trinajstić information content (AvgIpc) is 2.25. The molecule has 1 aromatic rings. The van der Waals surface area contributed by atoms with Crippen molar-refractivity contribution in [2.45, 2.75) is 26.2 Å². The fraction of sp³-hybridized carbons (Fsp3) is 0.538. The lowest BCUT2D eigenvalue weighted by Gasteiger charge is -2.19. The van der Waals surface area contributed by atoms with Crippen molar-refractivity contribution in [3.05, 3.63) is 23.9 Å². The van der Waals surface area contributed by atoms with Crippen LogP contribution in [0.15, 0.2) is 18.3 Å². The lowest BCUT2D eigenvalue weighted by Crippen LogP contribution is -2.28. The quantitative estimate of drug-likeness (QED) is 0.870. The highest BCUT2D eigenvalue weighted by atomic mass is 16.2. The van der Waals surface area contributed by atoms with Crippen LogP contribution in [0.5, 0.6) is 0 Å². The van der Waals surface area contributed by atoms with E-state index >= 15 is 0 Å². The molecule has 0 radical (unpaired) electrons. The molecule has 0 fully saturated rings. The lowest BCUT2D eigenvalue weighted by atomic mass is 9.88. The Kier molecular flexibility index (Phi) is 4.10. The zero-order valence-electron chi connectivity index (χ0n) is 11.2. The minimum absolute atomic E-state index is 0.0351. The summed E-state index contributed by atoms with van der Waals surface area (Å²) in [5, 5.41) is 3.04. The van der Waals surface area contributed by atoms with Gasteiger partial charge in [0.15, 0.2) is 0 Å². The van der Waals surface area contributed by atoms with E-state index in [1.54, 1.807) is 25.2 Å². The molecule has 0 saturated heterocycles. The van der Waals surface area contributed by atoms with E-state index in [4.69, 9.17) is 0 Å². The molecule has 1 heterocycles. The number of carbonyl (C=O) groups is 1. The molecule has 17 heavy (non-hydrogen) atoms. The number of pyridine rings is 1. The van der Waals surface area contributed by atoms with E-state index in [1.807, 2.05) is 12.1 Å². The van der Waals surface area contributed by atoms with E-state index in [9.17, 15) is 4.79 Å². The number of nitrogens with zero attached hydrogens (tertiary/aromatic N) is 2. The molecule has 0 spiro atoms. The van der Waals surface area contributed by atoms with Crippen LogP contribution >= 0.6 is 0 Å². The number of amides is 1. The van der Waals surface area contributed by atoms with Crippen molar-refractivity contribution in [2.75, 3.05) is 26.0 Å². The summed E-state index contributed by atoms with van der Waals surface area (Å²) >= 11 is 0. The maximum absolute atomic E-state index is 11.4. The SMILES string of the molecule is CN(C)C(=O)CNc1cc(C(C)(C)C)ccn1. The Morgan fingerprint density at radius 2 is 2.06 bits per heavy atom. The van der Waals surface area contributed by atoms with E-state index in [0.29, 0.717) is 0 Å². The van der Waals surface area contributed by atoms with Gasteiger partial charge in [0, 0.05) is 20.3 Å². The maximum atomic E-state index is 11.4. The van der Waals surface area contributed by atoms with Crippen LogP contribution < -0.4 is 5.32 Å². The highest BCUT2D eigenvalue weighted by Gasteiger charge is 2.14. The Hall–Kier alpha value is -1.58. The molecule has 0 aliphatic heterocycles. The van der Waals surface area contributed by atoms with E-state index in [0.717, 1.165) is 5.82 Å². The zero-order chi connectivity index (χ0) is 13.1. The normalized spacial score (nSPS) is 11.1. The molecule has 0 saturated carbocycles. The number of hydrogen-bond acceptors (Lipinski definition) is 3. The summed E-state index contributed by atoms with van der Waals surface area (Å²) in [6.07, 6.45) is 1.77. The molecule has 1 amide bonds. The van der Waals surface area contributed by atoms with Crippen LogP contribution in [-0.2, 0) is 10.2 Å². The minimum atomic E-state index is 0.0351. The molecule has 0 unspecified atom stereocenters. The molecule has 4 nitrogen and oxygen atoms in total. The molecule has 1 aromatic heterocycles. The molecule has 0 aromatic carbocycles. The van der Waals surface area contributed by atoms with Gasteiger partial charge in [0.1, 0.15) is 5.82 Å². The van der Waals surface area contributed by atoms with Crippen LogP contribution in [0.4, 0.5) is 5.82 Å². The van der Waals surface area contributed by atoms with Crippen LogP contribution in [0.1, 0.15) is 26.3 Å². The fourth-order valence-corrected chi connectivity index (χ4v) is 1.32. The van der Waals surface area contributed by atoms with Gasteiger partial charge in [-0.15, -0.1) is 0 Å². The number of anilines is 1. The number of carbonyl (C=O) groups excluding carboxylic acids is 1. The molecular weight excluding hydrogens is 214 g/mol. The monoisotopic (exact) mass is 235 g/mol. The maximum Gasteiger partial charge on any atom is 0.241 e. The largest absolute Gasteiger partial charge is 0.361 e. The first-order valence-corrected chi connectivity index (χ1v) is 5.71. The Morgan fingerprint density at radius 3 is 2.59 bits per heavy atom. The van der Waals surface area contributed by atoms with Gasteiger partial charge in [-0.2, -0.15) is 0 Å². The van der Waals surface area contributed by atoms with E-state index in [-0.39, 0.29) is 17.9 Å². The Morgan fingerprint density at radius 1 is 1.41 bits per heavy atom. The van der Waals surface area contributed by atoms with Crippen molar-refractivity contribution in [1.29, 1.82) is 0 Å². The molecule has 0 aliphatic carbocycles. The van der Waals surface area contributed by atoms with Crippen molar-refractivity contribution in [3.8, 4) is 0 Å². The first-order chi connectivity index (χ1) is 7.80. The van der Waals surface area contributed by atoms with Crippen LogP contribution in [-0.4, -0.2) is 36.4 Å². The first-order valence-electron chi connectivity index (χ1n) is 5.71. The summed E-state index contributed by atoms with van der Waals surface area (Å²) < 4.78 is 0. The second-order valence-corrected chi connectivity index (χ2v) is 5.32. The van der Waals surface area contributed by atoms with E-state index in [2.05, 4.69) is 31.1 Å². The molecule has 94 valence electrons. The Balaban J connectivity index is 2.70. The summed E-state index contributed by atoms with van der Waals surface area (Å²) in [7, 11) is 3.48. The van der Waals surface area contributed by atoms with Gasteiger partial charge < -0.3 is 10.2 Å². The second kappa shape index (κ2) is 5.17. The number of aromatic nitrogens is 1. The number of likely N-dealkylation sites (N-methyl/N-ethyl adjacent to an activating group) is 1. The van der Waals surface area contributed by atoms with Gasteiger partial charge in [-0.3, -0.25) is 4.79 Å². The summed E-state index contributed by atoms with van der Waals surface area (Å²) in [5.74, 6) is 0.778. The molecule has 4 heteroatoms. The van der Waals surface area contributed by atoms with Gasteiger partial charge in [-0.1, -0.05) is 20.8 Å². The van der Waals surface area contributed by atoms with Crippen LogP contribution in [0.3, 0.4) is 0 Å². The summed E-state index contributed by atoms with van der Waals surface area (Å²) in [6, 6.07) is 3.99. The number of hydrogen-bond donors (Lipinski definition) is 1. The van der Waals surface area contributed by atoms with Gasteiger partial charge in [-0.05, 0) is 23.1 Å². The first kappa shape index (κ1) is 13.5. The highest BCUT2D eigenvalue weighted by Crippen LogP contribution is 2.23. The number of rotatable bonds is 3. The summed E-state index contributed by atoms with van der Waals surface area (Å²) in [4.78, 5) is 17.2. The van der Waals surface area contributed by atoms with Crippen molar-refractivity contribution < 1.29 is 4.79 Å². The summed E-state index contributed by atoms with van der Waals surface area (Å²) in [6.45, 7) is 6.72. The van der Waals surface area contributed by atoms with Crippen LogP contribution in [0.2, 0.25) is 0 Å². The van der Waals surface area contributed by atoms with Gasteiger partial charge in [0.2, 0.25) is 5.91 Å². The fourth-order valence-electron chi connectivity index (χ4n) is 1.32. The minimum Gasteiger partial charge on any atom is -0.361 e. The van der Waals surface area contributed by atoms with Gasteiger partial charge in [-0.25, -0.2) is 4.98 Å². The van der Waals surface area contributed by atoms with Gasteiger partial charge in [0.05, 0.1) is 6.54 Å². The molecular formula is C13H21N3O. The van der Waals surface area contributed by atoms with Crippen LogP contribution in [0.25, 0.3) is 0 Å². The predicted molar refractivity (Wildman–Crippen MR) is 70.1 cm³/mol. The summed E-state index contributed by atoms with van der Waals surface area (Å²) in [5.41, 5.74) is 1.29. The Labute approximate surface area is 103 Å². The smallest absolute Gasteiger partial charge is 0.241 e. The third-order valence-electron chi connectivity index (χ3n) is 2.55. The van der Waals surface area contributed by atoms with Gasteiger partial charge >= 0.3 is 0 Å². The number of nitrogens with one attached hydrogen (secondary N) is 1. The molecule has 0 bridgehead atoms. The van der Waals surface area contributed by atoms with Crippen molar-refractivity contribution >= 4 is 11.7 Å². The Bertz CT molecular complexity index is 394. The lowest BCUT2D eigenvalue weighted by molar-refractivity contribution is -0.126.